The summed E-state index contributed by atoms with van der Waals surface area (Å²) >= 11 is 0. The lowest BCUT2D eigenvalue weighted by atomic mass is 9.80. The molecule has 0 heterocycles. The third-order valence-corrected chi connectivity index (χ3v) is 4.13. The first-order chi connectivity index (χ1) is 10.6. The predicted molar refractivity (Wildman–Crippen MR) is 93.5 cm³/mol. The molecule has 1 saturated carbocycles. The molecule has 0 aliphatic heterocycles. The van der Waals surface area contributed by atoms with E-state index in [2.05, 4.69) is 19.2 Å². The van der Waals surface area contributed by atoms with Crippen molar-refractivity contribution < 1.29 is 14.6 Å². The second-order valence-corrected chi connectivity index (χ2v) is 8.34. The molecule has 0 bridgehead atoms. The molecule has 0 spiro atoms. The fourth-order valence-corrected chi connectivity index (χ4v) is 3.42. The third kappa shape index (κ3) is 8.56. The zero-order chi connectivity index (χ0) is 17.6. The van der Waals surface area contributed by atoms with Gasteiger partial charge in [-0.25, -0.2) is 4.79 Å². The Balaban J connectivity index is 2.46. The van der Waals surface area contributed by atoms with E-state index >= 15 is 0 Å². The van der Waals surface area contributed by atoms with Crippen LogP contribution in [-0.2, 0) is 4.74 Å². The minimum atomic E-state index is -0.558. The molecule has 0 saturated heterocycles. The predicted octanol–water partition coefficient (Wildman–Crippen LogP) is 3.02. The van der Waals surface area contributed by atoms with Crippen LogP contribution in [0.3, 0.4) is 0 Å². The van der Waals surface area contributed by atoms with Crippen molar-refractivity contribution in [3.63, 3.8) is 0 Å². The molecular weight excluding hydrogens is 292 g/mol. The third-order valence-electron chi connectivity index (χ3n) is 4.13. The number of ether oxygens (including phenoxy) is 1. The molecule has 5 heteroatoms. The van der Waals surface area contributed by atoms with E-state index in [0.717, 1.165) is 18.4 Å². The summed E-state index contributed by atoms with van der Waals surface area (Å²) in [5.41, 5.74) is -0.518. The Bertz CT molecular complexity index is 356. The molecule has 1 aliphatic rings. The van der Waals surface area contributed by atoms with Crippen LogP contribution in [0.5, 0.6) is 0 Å². The number of amides is 1. The number of hydrogen-bond acceptors (Lipinski definition) is 4. The number of aliphatic hydroxyl groups is 1. The molecule has 3 atom stereocenters. The minimum absolute atomic E-state index is 0.300. The normalized spacial score (nSPS) is 26.7. The van der Waals surface area contributed by atoms with E-state index in [1.54, 1.807) is 11.8 Å². The van der Waals surface area contributed by atoms with Gasteiger partial charge < -0.3 is 20.1 Å². The maximum Gasteiger partial charge on any atom is 0.410 e. The number of nitrogens with one attached hydrogen (secondary N) is 1. The Labute approximate surface area is 141 Å². The SMILES string of the molecule is CC(O)CN(CCNC1CC(C)CC(C)C1)C(=O)OC(C)(C)C. The average molecular weight is 328 g/mol. The summed E-state index contributed by atoms with van der Waals surface area (Å²) in [6, 6.07) is 0.529. The van der Waals surface area contributed by atoms with Crippen LogP contribution in [0.15, 0.2) is 0 Å². The molecule has 1 aliphatic carbocycles. The minimum Gasteiger partial charge on any atom is -0.444 e. The van der Waals surface area contributed by atoms with Gasteiger partial charge in [0.15, 0.2) is 0 Å². The van der Waals surface area contributed by atoms with E-state index in [9.17, 15) is 9.90 Å². The van der Waals surface area contributed by atoms with Crippen molar-refractivity contribution in [1.82, 2.24) is 10.2 Å². The zero-order valence-electron chi connectivity index (χ0n) is 15.8. The molecule has 5 nitrogen and oxygen atoms in total. The summed E-state index contributed by atoms with van der Waals surface area (Å²) in [7, 11) is 0. The topological polar surface area (TPSA) is 61.8 Å². The molecule has 1 rings (SSSR count). The Morgan fingerprint density at radius 2 is 1.83 bits per heavy atom. The van der Waals surface area contributed by atoms with Gasteiger partial charge in [0.2, 0.25) is 0 Å². The molecule has 23 heavy (non-hydrogen) atoms. The van der Waals surface area contributed by atoms with Crippen LogP contribution in [-0.4, -0.2) is 53.5 Å². The number of aliphatic hydroxyl groups excluding tert-OH is 1. The number of hydrogen-bond donors (Lipinski definition) is 2. The summed E-state index contributed by atoms with van der Waals surface area (Å²) < 4.78 is 5.43. The van der Waals surface area contributed by atoms with Crippen LogP contribution < -0.4 is 5.32 Å². The van der Waals surface area contributed by atoms with E-state index < -0.39 is 11.7 Å². The highest BCUT2D eigenvalue weighted by Crippen LogP contribution is 2.28. The van der Waals surface area contributed by atoms with Crippen LogP contribution in [0.25, 0.3) is 0 Å². The lowest BCUT2D eigenvalue weighted by Crippen LogP contribution is -2.45. The Hall–Kier alpha value is -0.810. The molecule has 0 aromatic rings. The van der Waals surface area contributed by atoms with Gasteiger partial charge in [-0.05, 0) is 58.8 Å². The van der Waals surface area contributed by atoms with Crippen molar-refractivity contribution in [2.75, 3.05) is 19.6 Å². The average Bonchev–Trinajstić information content (AvgIpc) is 2.33. The Morgan fingerprint density at radius 3 is 2.30 bits per heavy atom. The number of rotatable bonds is 6. The summed E-state index contributed by atoms with van der Waals surface area (Å²) in [5, 5.41) is 13.2. The maximum atomic E-state index is 12.2. The number of carbonyl (C=O) groups is 1. The molecule has 136 valence electrons. The van der Waals surface area contributed by atoms with Crippen molar-refractivity contribution in [3.8, 4) is 0 Å². The van der Waals surface area contributed by atoms with Gasteiger partial charge in [0.1, 0.15) is 5.60 Å². The second-order valence-electron chi connectivity index (χ2n) is 8.34. The summed E-state index contributed by atoms with van der Waals surface area (Å²) in [6.07, 6.45) is 2.80. The van der Waals surface area contributed by atoms with Crippen molar-refractivity contribution in [2.24, 2.45) is 11.8 Å². The van der Waals surface area contributed by atoms with E-state index in [1.807, 2.05) is 20.8 Å². The highest BCUT2D eigenvalue weighted by atomic mass is 16.6. The van der Waals surface area contributed by atoms with E-state index in [1.165, 1.54) is 19.3 Å². The van der Waals surface area contributed by atoms with Crippen molar-refractivity contribution in [3.05, 3.63) is 0 Å². The molecule has 3 unspecified atom stereocenters. The highest BCUT2D eigenvalue weighted by Gasteiger charge is 2.25. The van der Waals surface area contributed by atoms with E-state index in [4.69, 9.17) is 4.74 Å². The van der Waals surface area contributed by atoms with Crippen LogP contribution in [0.4, 0.5) is 4.79 Å². The van der Waals surface area contributed by atoms with E-state index in [0.29, 0.717) is 19.1 Å². The largest absolute Gasteiger partial charge is 0.444 e. The summed E-state index contributed by atoms with van der Waals surface area (Å²) in [5.74, 6) is 1.52. The van der Waals surface area contributed by atoms with Gasteiger partial charge >= 0.3 is 6.09 Å². The van der Waals surface area contributed by atoms with Gasteiger partial charge in [-0.1, -0.05) is 13.8 Å². The summed E-state index contributed by atoms with van der Waals surface area (Å²) in [6.45, 7) is 13.5. The second kappa shape index (κ2) is 8.88. The first-order valence-corrected chi connectivity index (χ1v) is 8.96. The van der Waals surface area contributed by atoms with Crippen LogP contribution in [0.2, 0.25) is 0 Å². The van der Waals surface area contributed by atoms with Crippen molar-refractivity contribution in [1.29, 1.82) is 0 Å². The first kappa shape index (κ1) is 20.2. The standard InChI is InChI=1S/C18H36N2O3/c1-13-9-14(2)11-16(10-13)19-7-8-20(12-15(3)21)17(22)23-18(4,5)6/h13-16,19,21H,7-12H2,1-6H3. The van der Waals surface area contributed by atoms with Gasteiger partial charge in [0.25, 0.3) is 0 Å². The molecular formula is C18H36N2O3. The lowest BCUT2D eigenvalue weighted by Gasteiger charge is -2.33. The molecule has 1 amide bonds. The van der Waals surface area contributed by atoms with Crippen molar-refractivity contribution >= 4 is 6.09 Å². The van der Waals surface area contributed by atoms with Crippen LogP contribution in [0, 0.1) is 11.8 Å². The zero-order valence-corrected chi connectivity index (χ0v) is 15.8. The van der Waals surface area contributed by atoms with Gasteiger partial charge in [0, 0.05) is 25.7 Å². The lowest BCUT2D eigenvalue weighted by molar-refractivity contribution is 0.0161. The molecule has 2 N–H and O–H groups in total. The van der Waals surface area contributed by atoms with Gasteiger partial charge in [-0.15, -0.1) is 0 Å². The van der Waals surface area contributed by atoms with E-state index in [-0.39, 0.29) is 6.09 Å². The molecule has 0 aromatic heterocycles. The number of carbonyl (C=O) groups excluding carboxylic acids is 1. The first-order valence-electron chi connectivity index (χ1n) is 8.96. The van der Waals surface area contributed by atoms with Crippen molar-refractivity contribution in [2.45, 2.75) is 78.6 Å². The molecule has 0 radical (unpaired) electrons. The Morgan fingerprint density at radius 1 is 1.26 bits per heavy atom. The maximum absolute atomic E-state index is 12.2. The smallest absolute Gasteiger partial charge is 0.410 e. The molecule has 1 fully saturated rings. The van der Waals surface area contributed by atoms with Gasteiger partial charge in [0.05, 0.1) is 6.10 Å². The quantitative estimate of drug-likeness (QED) is 0.787. The Kier molecular flexibility index (Phi) is 7.81. The van der Waals surface area contributed by atoms with Gasteiger partial charge in [-0.2, -0.15) is 0 Å². The highest BCUT2D eigenvalue weighted by molar-refractivity contribution is 5.68. The van der Waals surface area contributed by atoms with Crippen LogP contribution in [0.1, 0.15) is 60.8 Å². The fraction of sp³-hybridized carbons (Fsp3) is 0.944. The summed E-state index contributed by atoms with van der Waals surface area (Å²) in [4.78, 5) is 13.8. The van der Waals surface area contributed by atoms with Gasteiger partial charge in [-0.3, -0.25) is 0 Å². The monoisotopic (exact) mass is 328 g/mol. The molecule has 0 aromatic carbocycles. The fourth-order valence-electron chi connectivity index (χ4n) is 3.42. The number of nitrogens with zero attached hydrogens (tertiary/aromatic N) is 1. The van der Waals surface area contributed by atoms with Crippen LogP contribution >= 0.6 is 0 Å².